The summed E-state index contributed by atoms with van der Waals surface area (Å²) in [4.78, 5) is 34.2. The Bertz CT molecular complexity index is 632. The van der Waals surface area contributed by atoms with Crippen molar-refractivity contribution in [1.29, 1.82) is 0 Å². The van der Waals surface area contributed by atoms with Crippen LogP contribution in [0, 0.1) is 0 Å². The zero-order valence-corrected chi connectivity index (χ0v) is 11.8. The normalized spacial score (nSPS) is 10.5. The number of para-hydroxylation sites is 1. The van der Waals surface area contributed by atoms with Gasteiger partial charge in [-0.1, -0.05) is 24.3 Å². The standard InChI is InChI=1S/C9H7N.C6H8O7/c1-2-6-9-8(4-1)5-3-7-10-9;7-3(8)1-6(13,5(11)12)2-4(9)10/h1-7H;13H,1-2H2,(H,7,8)(H,9,10)(H,11,12)/p-3. The molecule has 0 amide bonds. The summed E-state index contributed by atoms with van der Waals surface area (Å²) in [5, 5.41) is 40.1. The van der Waals surface area contributed by atoms with Crippen molar-refractivity contribution in [3.8, 4) is 0 Å². The molecule has 2 rings (SSSR count). The summed E-state index contributed by atoms with van der Waals surface area (Å²) in [5.74, 6) is -5.98. The predicted octanol–water partition coefficient (Wildman–Crippen LogP) is -3.02. The molecule has 23 heavy (non-hydrogen) atoms. The lowest BCUT2D eigenvalue weighted by atomic mass is 9.96. The van der Waals surface area contributed by atoms with Gasteiger partial charge in [0.2, 0.25) is 0 Å². The number of pyridine rings is 1. The maximum atomic E-state index is 10.1. The molecule has 0 bridgehead atoms. The molecule has 1 N–H and O–H groups in total. The van der Waals surface area contributed by atoms with Crippen LogP contribution in [0.15, 0.2) is 42.6 Å². The molecule has 0 atom stereocenters. The average molecular weight is 318 g/mol. The van der Waals surface area contributed by atoms with Crippen LogP contribution in [0.5, 0.6) is 0 Å². The third-order valence-corrected chi connectivity index (χ3v) is 2.77. The van der Waals surface area contributed by atoms with Crippen LogP contribution in [0.4, 0.5) is 0 Å². The highest BCUT2D eigenvalue weighted by molar-refractivity contribution is 5.86. The molecule has 0 unspecified atom stereocenters. The number of hydrogen-bond donors (Lipinski definition) is 1. The van der Waals surface area contributed by atoms with E-state index >= 15 is 0 Å². The van der Waals surface area contributed by atoms with Crippen LogP contribution in [0.1, 0.15) is 12.8 Å². The van der Waals surface area contributed by atoms with Crippen molar-refractivity contribution >= 4 is 28.8 Å². The average Bonchev–Trinajstić information content (AvgIpc) is 2.46. The number of nitrogens with zero attached hydrogens (tertiary/aromatic N) is 1. The summed E-state index contributed by atoms with van der Waals surface area (Å²) in [6.45, 7) is 0. The van der Waals surface area contributed by atoms with E-state index in [9.17, 15) is 29.7 Å². The Morgan fingerprint density at radius 2 is 1.48 bits per heavy atom. The highest BCUT2D eigenvalue weighted by Gasteiger charge is 2.29. The number of carbonyl (C=O) groups excluding carboxylic acids is 3. The van der Waals surface area contributed by atoms with Gasteiger partial charge in [-0.15, -0.1) is 0 Å². The van der Waals surface area contributed by atoms with E-state index in [1.807, 2.05) is 30.5 Å². The third kappa shape index (κ3) is 5.71. The molecule has 0 spiro atoms. The first-order valence-electron chi connectivity index (χ1n) is 6.38. The number of fused-ring (bicyclic) bond motifs is 1. The molecule has 0 radical (unpaired) electrons. The van der Waals surface area contributed by atoms with E-state index in [-0.39, 0.29) is 0 Å². The van der Waals surface area contributed by atoms with Crippen LogP contribution < -0.4 is 15.3 Å². The highest BCUT2D eigenvalue weighted by Crippen LogP contribution is 2.13. The van der Waals surface area contributed by atoms with Crippen LogP contribution in [-0.2, 0) is 14.4 Å². The molecule has 122 valence electrons. The van der Waals surface area contributed by atoms with Gasteiger partial charge in [-0.3, -0.25) is 4.98 Å². The van der Waals surface area contributed by atoms with Gasteiger partial charge in [-0.2, -0.15) is 0 Å². The van der Waals surface area contributed by atoms with E-state index in [0.717, 1.165) is 5.52 Å². The first-order chi connectivity index (χ1) is 10.7. The van der Waals surface area contributed by atoms with E-state index in [2.05, 4.69) is 17.1 Å². The minimum absolute atomic E-state index is 1.06. The van der Waals surface area contributed by atoms with Crippen molar-refractivity contribution in [2.75, 3.05) is 0 Å². The summed E-state index contributed by atoms with van der Waals surface area (Å²) >= 11 is 0. The number of rotatable bonds is 5. The fraction of sp³-hybridized carbons (Fsp3) is 0.200. The summed E-state index contributed by atoms with van der Waals surface area (Å²) in [6, 6.07) is 12.1. The van der Waals surface area contributed by atoms with Gasteiger partial charge in [0, 0.05) is 36.4 Å². The SMILES string of the molecule is O=C([O-])CC(O)(CC(=O)[O-])C(=O)[O-].c1ccc2ncccc2c1. The van der Waals surface area contributed by atoms with Crippen LogP contribution in [0.25, 0.3) is 10.9 Å². The van der Waals surface area contributed by atoms with Crippen molar-refractivity contribution < 1.29 is 34.8 Å². The number of carbonyl (C=O) groups is 3. The second-order valence-corrected chi connectivity index (χ2v) is 4.61. The quantitative estimate of drug-likeness (QED) is 0.611. The number of benzene rings is 1. The minimum Gasteiger partial charge on any atom is -0.550 e. The number of aliphatic carboxylic acids is 3. The van der Waals surface area contributed by atoms with Crippen molar-refractivity contribution in [3.05, 3.63) is 42.6 Å². The van der Waals surface area contributed by atoms with Gasteiger partial charge in [0.15, 0.2) is 0 Å². The third-order valence-electron chi connectivity index (χ3n) is 2.77. The van der Waals surface area contributed by atoms with Crippen molar-refractivity contribution in [3.63, 3.8) is 0 Å². The van der Waals surface area contributed by atoms with Gasteiger partial charge < -0.3 is 34.8 Å². The summed E-state index contributed by atoms with van der Waals surface area (Å²) in [6.07, 6.45) is -0.908. The minimum atomic E-state index is -2.97. The maximum absolute atomic E-state index is 10.1. The number of carboxylic acid groups (broad SMARTS) is 3. The Kier molecular flexibility index (Phi) is 6.16. The van der Waals surface area contributed by atoms with Crippen LogP contribution in [-0.4, -0.2) is 33.6 Å². The largest absolute Gasteiger partial charge is 0.550 e. The zero-order valence-electron chi connectivity index (χ0n) is 11.8. The van der Waals surface area contributed by atoms with E-state index in [4.69, 9.17) is 5.11 Å². The highest BCUT2D eigenvalue weighted by atomic mass is 16.4. The van der Waals surface area contributed by atoms with Crippen molar-refractivity contribution in [2.24, 2.45) is 0 Å². The molecule has 2 aromatic rings. The summed E-state index contributed by atoms with van der Waals surface area (Å²) in [5.41, 5.74) is -1.91. The van der Waals surface area contributed by atoms with Gasteiger partial charge >= 0.3 is 0 Å². The smallest absolute Gasteiger partial charge is 0.114 e. The fourth-order valence-corrected chi connectivity index (χ4v) is 1.70. The molecular formula is C15H12NO7-3. The summed E-state index contributed by atoms with van der Waals surface area (Å²) in [7, 11) is 0. The van der Waals surface area contributed by atoms with Crippen LogP contribution >= 0.6 is 0 Å². The Labute approximate surface area is 130 Å². The number of carboxylic acids is 3. The molecule has 8 heteroatoms. The Morgan fingerprint density at radius 1 is 0.957 bits per heavy atom. The molecule has 1 aromatic carbocycles. The second kappa shape index (κ2) is 7.85. The van der Waals surface area contributed by atoms with E-state index in [0.29, 0.717) is 0 Å². The predicted molar refractivity (Wildman–Crippen MR) is 70.9 cm³/mol. The van der Waals surface area contributed by atoms with E-state index < -0.39 is 36.4 Å². The lowest BCUT2D eigenvalue weighted by Crippen LogP contribution is -2.54. The van der Waals surface area contributed by atoms with Crippen LogP contribution in [0.2, 0.25) is 0 Å². The first-order valence-corrected chi connectivity index (χ1v) is 6.38. The molecule has 1 heterocycles. The molecular weight excluding hydrogens is 306 g/mol. The number of aliphatic hydroxyl groups is 1. The van der Waals surface area contributed by atoms with Gasteiger partial charge in [-0.25, -0.2) is 0 Å². The molecule has 0 aliphatic rings. The zero-order chi connectivity index (χ0) is 17.5. The van der Waals surface area contributed by atoms with E-state index in [1.54, 1.807) is 0 Å². The molecule has 0 saturated heterocycles. The molecule has 0 fully saturated rings. The van der Waals surface area contributed by atoms with Crippen molar-refractivity contribution in [1.82, 2.24) is 4.98 Å². The van der Waals surface area contributed by atoms with E-state index in [1.165, 1.54) is 5.39 Å². The van der Waals surface area contributed by atoms with Gasteiger partial charge in [-0.05, 0) is 12.1 Å². The molecule has 8 nitrogen and oxygen atoms in total. The lowest BCUT2D eigenvalue weighted by molar-refractivity contribution is -0.339. The van der Waals surface area contributed by atoms with Crippen molar-refractivity contribution in [2.45, 2.75) is 18.4 Å². The molecule has 0 saturated carbocycles. The molecule has 1 aromatic heterocycles. The maximum Gasteiger partial charge on any atom is 0.114 e. The second-order valence-electron chi connectivity index (χ2n) is 4.61. The van der Waals surface area contributed by atoms with Gasteiger partial charge in [0.05, 0.1) is 11.5 Å². The Hall–Kier alpha value is -3.00. The molecule has 0 aliphatic heterocycles. The topological polar surface area (TPSA) is 154 Å². The Balaban J connectivity index is 0.000000235. The van der Waals surface area contributed by atoms with Gasteiger partial charge in [0.25, 0.3) is 0 Å². The lowest BCUT2D eigenvalue weighted by Gasteiger charge is -2.29. The summed E-state index contributed by atoms with van der Waals surface area (Å²) < 4.78 is 0. The molecule has 0 aliphatic carbocycles. The van der Waals surface area contributed by atoms with Crippen LogP contribution in [0.3, 0.4) is 0 Å². The fourth-order valence-electron chi connectivity index (χ4n) is 1.70. The monoisotopic (exact) mass is 318 g/mol. The number of aromatic nitrogens is 1. The number of hydrogen-bond acceptors (Lipinski definition) is 8. The van der Waals surface area contributed by atoms with Gasteiger partial charge in [0.1, 0.15) is 5.60 Å². The first kappa shape index (κ1) is 18.1. The Morgan fingerprint density at radius 3 is 1.96 bits per heavy atom.